The maximum absolute atomic E-state index is 4.62. The van der Waals surface area contributed by atoms with Crippen molar-refractivity contribution in [2.24, 2.45) is 0 Å². The van der Waals surface area contributed by atoms with Crippen LogP contribution in [-0.2, 0) is 0 Å². The van der Waals surface area contributed by atoms with Crippen LogP contribution in [0.5, 0.6) is 0 Å². The molecule has 0 spiro atoms. The third kappa shape index (κ3) is 1.52. The normalized spacial score (nSPS) is 21.4. The first-order valence-electron chi connectivity index (χ1n) is 6.00. The molecule has 1 aromatic heterocycles. The number of aromatic nitrogens is 2. The summed E-state index contributed by atoms with van der Waals surface area (Å²) in [4.78, 5) is 4.62. The van der Waals surface area contributed by atoms with Crippen molar-refractivity contribution in [2.45, 2.75) is 25.8 Å². The number of rotatable bonds is 1. The Morgan fingerprint density at radius 3 is 3.06 bits per heavy atom. The maximum Gasteiger partial charge on any atom is 0.107 e. The molecule has 2 heterocycles. The molecule has 1 atom stereocenters. The van der Waals surface area contributed by atoms with Crippen molar-refractivity contribution in [1.29, 1.82) is 0 Å². The van der Waals surface area contributed by atoms with Gasteiger partial charge in [-0.2, -0.15) is 0 Å². The van der Waals surface area contributed by atoms with Gasteiger partial charge in [0.1, 0.15) is 5.82 Å². The molecular weight excluding hydrogens is 198 g/mol. The molecule has 0 radical (unpaired) electrons. The summed E-state index contributed by atoms with van der Waals surface area (Å²) in [6.45, 7) is 4.33. The lowest BCUT2D eigenvalue weighted by Gasteiger charge is -2.25. The number of nitrogens with zero attached hydrogens (tertiary/aromatic N) is 2. The van der Waals surface area contributed by atoms with Crippen molar-refractivity contribution in [3.8, 4) is 0 Å². The quantitative estimate of drug-likeness (QED) is 0.791. The Kier molecular flexibility index (Phi) is 2.40. The van der Waals surface area contributed by atoms with Crippen LogP contribution in [-0.4, -0.2) is 22.6 Å². The summed E-state index contributed by atoms with van der Waals surface area (Å²) in [6, 6.07) is 8.98. The molecule has 0 saturated carbocycles. The number of benzene rings is 1. The summed E-state index contributed by atoms with van der Waals surface area (Å²) in [5, 5.41) is 3.47. The molecule has 1 aromatic carbocycles. The Balaban J connectivity index is 2.10. The second-order valence-corrected chi connectivity index (χ2v) is 4.52. The van der Waals surface area contributed by atoms with Crippen LogP contribution in [0, 0.1) is 6.92 Å². The van der Waals surface area contributed by atoms with Crippen molar-refractivity contribution in [3.05, 3.63) is 30.1 Å². The largest absolute Gasteiger partial charge is 0.324 e. The second-order valence-electron chi connectivity index (χ2n) is 4.52. The van der Waals surface area contributed by atoms with Crippen LogP contribution in [0.4, 0.5) is 0 Å². The first kappa shape index (κ1) is 9.85. The average molecular weight is 215 g/mol. The fourth-order valence-electron chi connectivity index (χ4n) is 2.68. The van der Waals surface area contributed by atoms with Crippen LogP contribution in [0.3, 0.4) is 0 Å². The number of imidazole rings is 1. The first-order valence-corrected chi connectivity index (χ1v) is 6.00. The van der Waals surface area contributed by atoms with Gasteiger partial charge in [0.25, 0.3) is 0 Å². The van der Waals surface area contributed by atoms with E-state index in [2.05, 4.69) is 46.1 Å². The predicted molar refractivity (Wildman–Crippen MR) is 65.6 cm³/mol. The number of para-hydroxylation sites is 2. The summed E-state index contributed by atoms with van der Waals surface area (Å²) in [6.07, 6.45) is 2.52. The Hall–Kier alpha value is -1.35. The Morgan fingerprint density at radius 2 is 2.25 bits per heavy atom. The van der Waals surface area contributed by atoms with Crippen molar-refractivity contribution < 1.29 is 0 Å². The van der Waals surface area contributed by atoms with Gasteiger partial charge in [0.05, 0.1) is 11.0 Å². The van der Waals surface area contributed by atoms with Gasteiger partial charge in [-0.15, -0.1) is 0 Å². The zero-order chi connectivity index (χ0) is 11.0. The van der Waals surface area contributed by atoms with Gasteiger partial charge >= 0.3 is 0 Å². The molecule has 3 rings (SSSR count). The zero-order valence-corrected chi connectivity index (χ0v) is 9.61. The molecule has 2 aromatic rings. The molecule has 1 aliphatic rings. The van der Waals surface area contributed by atoms with Crippen LogP contribution < -0.4 is 5.32 Å². The van der Waals surface area contributed by atoms with E-state index in [9.17, 15) is 0 Å². The SMILES string of the molecule is Cc1nc2ccccc2n1[C@H]1CCCNC1. The van der Waals surface area contributed by atoms with Crippen molar-refractivity contribution >= 4 is 11.0 Å². The lowest BCUT2D eigenvalue weighted by atomic mass is 10.1. The second kappa shape index (κ2) is 3.91. The topological polar surface area (TPSA) is 29.9 Å². The molecule has 84 valence electrons. The third-order valence-corrected chi connectivity index (χ3v) is 3.41. The molecule has 16 heavy (non-hydrogen) atoms. The summed E-state index contributed by atoms with van der Waals surface area (Å²) in [5.41, 5.74) is 2.39. The van der Waals surface area contributed by atoms with E-state index >= 15 is 0 Å². The average Bonchev–Trinajstić information content (AvgIpc) is 2.66. The van der Waals surface area contributed by atoms with Gasteiger partial charge in [-0.25, -0.2) is 4.98 Å². The number of hydrogen-bond donors (Lipinski definition) is 1. The van der Waals surface area contributed by atoms with E-state index in [0.29, 0.717) is 6.04 Å². The monoisotopic (exact) mass is 215 g/mol. The molecular formula is C13H17N3. The lowest BCUT2D eigenvalue weighted by Crippen LogP contribution is -2.32. The van der Waals surface area contributed by atoms with Gasteiger partial charge in [-0.05, 0) is 38.4 Å². The van der Waals surface area contributed by atoms with Crippen LogP contribution >= 0.6 is 0 Å². The highest BCUT2D eigenvalue weighted by atomic mass is 15.1. The first-order chi connectivity index (χ1) is 7.86. The van der Waals surface area contributed by atoms with Gasteiger partial charge in [0.2, 0.25) is 0 Å². The Bertz CT molecular complexity index is 495. The minimum atomic E-state index is 0.571. The highest BCUT2D eigenvalue weighted by Crippen LogP contribution is 2.24. The molecule has 3 nitrogen and oxygen atoms in total. The van der Waals surface area contributed by atoms with Gasteiger partial charge in [0.15, 0.2) is 0 Å². The van der Waals surface area contributed by atoms with E-state index in [1.165, 1.54) is 18.4 Å². The summed E-state index contributed by atoms with van der Waals surface area (Å²) >= 11 is 0. The molecule has 1 aliphatic heterocycles. The third-order valence-electron chi connectivity index (χ3n) is 3.41. The smallest absolute Gasteiger partial charge is 0.107 e. The fourth-order valence-corrected chi connectivity index (χ4v) is 2.68. The van der Waals surface area contributed by atoms with Gasteiger partial charge in [-0.3, -0.25) is 0 Å². The molecule has 3 heteroatoms. The molecule has 1 saturated heterocycles. The number of nitrogens with one attached hydrogen (secondary N) is 1. The van der Waals surface area contributed by atoms with Crippen LogP contribution in [0.2, 0.25) is 0 Å². The van der Waals surface area contributed by atoms with E-state index in [-0.39, 0.29) is 0 Å². The van der Waals surface area contributed by atoms with Gasteiger partial charge in [0, 0.05) is 12.6 Å². The van der Waals surface area contributed by atoms with Gasteiger partial charge in [-0.1, -0.05) is 12.1 Å². The highest BCUT2D eigenvalue weighted by Gasteiger charge is 2.18. The number of aryl methyl sites for hydroxylation is 1. The maximum atomic E-state index is 4.62. The van der Waals surface area contributed by atoms with E-state index in [0.717, 1.165) is 24.4 Å². The number of fused-ring (bicyclic) bond motifs is 1. The van der Waals surface area contributed by atoms with Crippen LogP contribution in [0.15, 0.2) is 24.3 Å². The van der Waals surface area contributed by atoms with E-state index in [1.54, 1.807) is 0 Å². The van der Waals surface area contributed by atoms with Crippen molar-refractivity contribution in [3.63, 3.8) is 0 Å². The summed E-state index contributed by atoms with van der Waals surface area (Å²) in [7, 11) is 0. The predicted octanol–water partition coefficient (Wildman–Crippen LogP) is 2.27. The minimum Gasteiger partial charge on any atom is -0.324 e. The molecule has 1 fully saturated rings. The van der Waals surface area contributed by atoms with Crippen LogP contribution in [0.25, 0.3) is 11.0 Å². The minimum absolute atomic E-state index is 0.571. The number of piperidine rings is 1. The molecule has 0 unspecified atom stereocenters. The highest BCUT2D eigenvalue weighted by molar-refractivity contribution is 5.76. The summed E-state index contributed by atoms with van der Waals surface area (Å²) in [5.74, 6) is 1.13. The molecule has 0 aliphatic carbocycles. The van der Waals surface area contributed by atoms with Gasteiger partial charge < -0.3 is 9.88 Å². The fraction of sp³-hybridized carbons (Fsp3) is 0.462. The standard InChI is InChI=1S/C13H17N3/c1-10-15-12-6-2-3-7-13(12)16(10)11-5-4-8-14-9-11/h2-3,6-7,11,14H,4-5,8-9H2,1H3/t11-/m0/s1. The molecule has 0 bridgehead atoms. The van der Waals surface area contributed by atoms with E-state index in [1.807, 2.05) is 0 Å². The molecule has 1 N–H and O–H groups in total. The van der Waals surface area contributed by atoms with Crippen molar-refractivity contribution in [1.82, 2.24) is 14.9 Å². The number of hydrogen-bond acceptors (Lipinski definition) is 2. The van der Waals surface area contributed by atoms with E-state index < -0.39 is 0 Å². The molecule has 0 amide bonds. The van der Waals surface area contributed by atoms with Crippen LogP contribution in [0.1, 0.15) is 24.7 Å². The zero-order valence-electron chi connectivity index (χ0n) is 9.61. The lowest BCUT2D eigenvalue weighted by molar-refractivity contribution is 0.373. The Morgan fingerprint density at radius 1 is 1.38 bits per heavy atom. The summed E-state index contributed by atoms with van der Waals surface area (Å²) < 4.78 is 2.39. The Labute approximate surface area is 95.5 Å². The van der Waals surface area contributed by atoms with E-state index in [4.69, 9.17) is 0 Å². The van der Waals surface area contributed by atoms with Crippen molar-refractivity contribution in [2.75, 3.05) is 13.1 Å².